The van der Waals surface area contributed by atoms with Crippen LogP contribution >= 0.6 is 0 Å². The number of allylic oxidation sites excluding steroid dienone is 2. The Hall–Kier alpha value is -3.94. The number of ether oxygens (including phenoxy) is 2. The Kier molecular flexibility index (Phi) is 11.1. The number of nitrogens with zero attached hydrogens (tertiary/aromatic N) is 2. The molecular formula is C43H55F2N3O8S. The van der Waals surface area contributed by atoms with Crippen molar-refractivity contribution in [3.05, 3.63) is 47.2 Å². The highest BCUT2D eigenvalue weighted by Crippen LogP contribution is 2.58. The molecule has 3 aliphatic carbocycles. The van der Waals surface area contributed by atoms with Crippen LogP contribution in [0.2, 0.25) is 0 Å². The fourth-order valence-electron chi connectivity index (χ4n) is 9.29. The molecule has 6 aliphatic rings. The van der Waals surface area contributed by atoms with E-state index in [1.54, 1.807) is 13.8 Å². The van der Waals surface area contributed by atoms with Crippen molar-refractivity contribution >= 4 is 44.5 Å². The molecule has 57 heavy (non-hydrogen) atoms. The average Bonchev–Trinajstić information content (AvgIpc) is 4.02. The number of carbonyl (C=O) groups excluding carboxylic acids is 4. The summed E-state index contributed by atoms with van der Waals surface area (Å²) in [6.07, 6.45) is 12.1. The summed E-state index contributed by atoms with van der Waals surface area (Å²) in [6, 6.07) is 1.16. The molecule has 3 aliphatic heterocycles. The highest BCUT2D eigenvalue weighted by atomic mass is 32.2. The SMILES string of the molecule is C.Cc1nc2cc(F)c(F)cc2c2c1O[C@]1(CC2)C[C@H]2C(=O)C[C@]3(C(=O)NS(=O)(=O)C4(C)CC4)C[C@H]3/C=C\CCCCC[C@H](CC(=O)OCC3CCC3)C(=O)N2C1. The number of Topliss-reactive ketones (excluding diaryl/α,β-unsaturated/α-hetero) is 1. The zero-order valence-corrected chi connectivity index (χ0v) is 33.0. The van der Waals surface area contributed by atoms with Crippen LogP contribution in [0.15, 0.2) is 24.3 Å². The van der Waals surface area contributed by atoms with E-state index in [-0.39, 0.29) is 50.8 Å². The first-order valence-corrected chi connectivity index (χ1v) is 21.8. The van der Waals surface area contributed by atoms with E-state index < -0.39 is 61.3 Å². The Bertz CT molecular complexity index is 2120. The van der Waals surface area contributed by atoms with Crippen molar-refractivity contribution < 1.29 is 45.9 Å². The zero-order chi connectivity index (χ0) is 39.6. The van der Waals surface area contributed by atoms with Crippen molar-refractivity contribution in [1.29, 1.82) is 0 Å². The number of sulfonamides is 1. The summed E-state index contributed by atoms with van der Waals surface area (Å²) in [6.45, 7) is 3.67. The van der Waals surface area contributed by atoms with Crippen molar-refractivity contribution in [2.75, 3.05) is 13.2 Å². The Balaban J connectivity index is 0.00000496. The van der Waals surface area contributed by atoms with E-state index >= 15 is 0 Å². The lowest BCUT2D eigenvalue weighted by molar-refractivity contribution is -0.152. The molecule has 3 saturated carbocycles. The summed E-state index contributed by atoms with van der Waals surface area (Å²) in [7, 11) is -3.97. The molecule has 2 aromatic rings. The summed E-state index contributed by atoms with van der Waals surface area (Å²) in [5.41, 5.74) is -0.920. The molecule has 14 heteroatoms. The van der Waals surface area contributed by atoms with Crippen molar-refractivity contribution in [1.82, 2.24) is 14.6 Å². The summed E-state index contributed by atoms with van der Waals surface area (Å²) >= 11 is 0. The van der Waals surface area contributed by atoms with Crippen LogP contribution in [0.3, 0.4) is 0 Å². The summed E-state index contributed by atoms with van der Waals surface area (Å²) in [5.74, 6) is -4.24. The minimum absolute atomic E-state index is 0. The molecule has 5 atom stereocenters. The molecule has 1 spiro atoms. The van der Waals surface area contributed by atoms with Crippen LogP contribution in [0.4, 0.5) is 8.78 Å². The monoisotopic (exact) mass is 811 g/mol. The van der Waals surface area contributed by atoms with Crippen LogP contribution in [0.1, 0.15) is 122 Å². The molecular weight excluding hydrogens is 757 g/mol. The van der Waals surface area contributed by atoms with E-state index in [0.717, 1.165) is 50.7 Å². The third-order valence-corrected chi connectivity index (χ3v) is 15.8. The average molecular weight is 812 g/mol. The lowest BCUT2D eigenvalue weighted by atomic mass is 9.85. The van der Waals surface area contributed by atoms with Gasteiger partial charge in [0, 0.05) is 35.8 Å². The smallest absolute Gasteiger partial charge is 0.306 e. The normalized spacial score (nSPS) is 30.3. The number of nitrogens with one attached hydrogen (secondary N) is 1. The largest absolute Gasteiger partial charge is 0.483 e. The summed E-state index contributed by atoms with van der Waals surface area (Å²) in [5, 5.41) is 0.426. The maximum atomic E-state index is 14.8. The van der Waals surface area contributed by atoms with Crippen LogP contribution < -0.4 is 9.46 Å². The molecule has 310 valence electrons. The van der Waals surface area contributed by atoms with E-state index in [0.29, 0.717) is 85.4 Å². The number of ketones is 1. The fraction of sp³-hybridized carbons (Fsp3) is 0.651. The molecule has 4 heterocycles. The van der Waals surface area contributed by atoms with Gasteiger partial charge in [0.25, 0.3) is 0 Å². The number of hydrogen-bond acceptors (Lipinski definition) is 9. The van der Waals surface area contributed by atoms with E-state index in [1.165, 1.54) is 4.90 Å². The third kappa shape index (κ3) is 7.83. The van der Waals surface area contributed by atoms with Gasteiger partial charge in [-0.05, 0) is 96.0 Å². The Morgan fingerprint density at radius 3 is 2.51 bits per heavy atom. The molecule has 1 saturated heterocycles. The highest BCUT2D eigenvalue weighted by Gasteiger charge is 2.63. The molecule has 11 nitrogen and oxygen atoms in total. The van der Waals surface area contributed by atoms with Gasteiger partial charge in [0.1, 0.15) is 11.4 Å². The van der Waals surface area contributed by atoms with E-state index in [4.69, 9.17) is 9.47 Å². The molecule has 4 fully saturated rings. The number of pyridine rings is 1. The first-order chi connectivity index (χ1) is 26.6. The van der Waals surface area contributed by atoms with Crippen molar-refractivity contribution in [3.63, 3.8) is 0 Å². The summed E-state index contributed by atoms with van der Waals surface area (Å²) < 4.78 is 68.8. The molecule has 1 aromatic heterocycles. The predicted molar refractivity (Wildman–Crippen MR) is 208 cm³/mol. The molecule has 2 amide bonds. The molecule has 0 radical (unpaired) electrons. The quantitative estimate of drug-likeness (QED) is 0.232. The van der Waals surface area contributed by atoms with Gasteiger partial charge in [-0.15, -0.1) is 0 Å². The first-order valence-electron chi connectivity index (χ1n) is 20.3. The van der Waals surface area contributed by atoms with Gasteiger partial charge in [0.05, 0.1) is 47.0 Å². The lowest BCUT2D eigenvalue weighted by Crippen LogP contribution is -2.48. The number of aryl methyl sites for hydroxylation is 2. The molecule has 8 rings (SSSR count). The number of halogens is 2. The van der Waals surface area contributed by atoms with Crippen molar-refractivity contribution in [2.24, 2.45) is 23.2 Å². The predicted octanol–water partition coefficient (Wildman–Crippen LogP) is 6.96. The summed E-state index contributed by atoms with van der Waals surface area (Å²) in [4.78, 5) is 62.8. The first kappa shape index (κ1) is 41.2. The fourth-order valence-corrected chi connectivity index (χ4v) is 10.6. The van der Waals surface area contributed by atoms with Gasteiger partial charge >= 0.3 is 5.97 Å². The number of carbonyl (C=O) groups is 4. The highest BCUT2D eigenvalue weighted by molar-refractivity contribution is 7.91. The van der Waals surface area contributed by atoms with Crippen LogP contribution in [0.25, 0.3) is 10.9 Å². The maximum Gasteiger partial charge on any atom is 0.306 e. The van der Waals surface area contributed by atoms with E-state index in [2.05, 4.69) is 9.71 Å². The maximum absolute atomic E-state index is 14.8. The standard InChI is InChI=1S/C42H51F2N3O8S.CH4/c1-25-37-29(30-18-31(43)32(44)19-33(30)45-25)13-14-41(55-37)21-34-35(48)22-42(39(51)46-56(52,53)40(2)15-16-40)20-28(42)12-7-5-3-4-6-11-27(38(50)47(34)24-41)17-36(49)54-23-26-9-8-10-26;/h7,12,18-19,26-28,34H,3-6,8-11,13-17,20-24H2,1-2H3,(H,46,51);1H4/b12-7-;/t27-,28-,34+,41-,42-;/m1./s1. The molecule has 0 bridgehead atoms. The zero-order valence-electron chi connectivity index (χ0n) is 32.2. The Morgan fingerprint density at radius 1 is 1.04 bits per heavy atom. The minimum atomic E-state index is -3.97. The lowest BCUT2D eigenvalue weighted by Gasteiger charge is -2.36. The van der Waals surface area contributed by atoms with Gasteiger partial charge in [0.15, 0.2) is 17.4 Å². The number of rotatable bonds is 7. The number of benzene rings is 1. The number of aromatic nitrogens is 1. The van der Waals surface area contributed by atoms with Crippen LogP contribution in [0.5, 0.6) is 5.75 Å². The second kappa shape index (κ2) is 15.3. The number of fused-ring (bicyclic) bond motifs is 5. The van der Waals surface area contributed by atoms with Crippen LogP contribution in [-0.4, -0.2) is 71.4 Å². The Morgan fingerprint density at radius 2 is 1.79 bits per heavy atom. The van der Waals surface area contributed by atoms with Gasteiger partial charge in [-0.1, -0.05) is 38.8 Å². The van der Waals surface area contributed by atoms with Crippen LogP contribution in [0, 0.1) is 41.7 Å². The minimum Gasteiger partial charge on any atom is -0.483 e. The van der Waals surface area contributed by atoms with Crippen molar-refractivity contribution in [2.45, 2.75) is 140 Å². The second-order valence-corrected chi connectivity index (χ2v) is 19.9. The third-order valence-electron chi connectivity index (χ3n) is 13.6. The molecule has 0 unspecified atom stereocenters. The molecule has 1 aromatic carbocycles. The second-order valence-electron chi connectivity index (χ2n) is 17.7. The Labute approximate surface area is 333 Å². The van der Waals surface area contributed by atoms with Gasteiger partial charge in [-0.25, -0.2) is 22.2 Å². The van der Waals surface area contributed by atoms with Gasteiger partial charge in [-0.2, -0.15) is 0 Å². The van der Waals surface area contributed by atoms with Gasteiger partial charge < -0.3 is 14.4 Å². The topological polar surface area (TPSA) is 149 Å². The van der Waals surface area contributed by atoms with Gasteiger partial charge in [-0.3, -0.25) is 23.9 Å². The van der Waals surface area contributed by atoms with E-state index in [9.17, 15) is 36.4 Å². The number of esters is 1. The van der Waals surface area contributed by atoms with Gasteiger partial charge in [0.2, 0.25) is 21.8 Å². The number of hydrogen-bond donors (Lipinski definition) is 1. The van der Waals surface area contributed by atoms with Crippen LogP contribution in [-0.2, 0) is 40.4 Å². The van der Waals surface area contributed by atoms with Crippen molar-refractivity contribution in [3.8, 4) is 5.75 Å². The molecule has 1 N–H and O–H groups in total. The van der Waals surface area contributed by atoms with E-state index in [1.807, 2.05) is 12.2 Å². The number of amides is 2.